The molecule has 0 N–H and O–H groups in total. The normalized spacial score (nSPS) is 21.8. The van der Waals surface area contributed by atoms with Crippen molar-refractivity contribution in [1.29, 1.82) is 5.26 Å². The Morgan fingerprint density at radius 1 is 1.24 bits per heavy atom. The summed E-state index contributed by atoms with van der Waals surface area (Å²) in [6, 6.07) is 16.3. The van der Waals surface area contributed by atoms with Gasteiger partial charge in [0.25, 0.3) is 0 Å². The van der Waals surface area contributed by atoms with Crippen molar-refractivity contribution in [3.8, 4) is 6.07 Å². The molecule has 0 aliphatic carbocycles. The molecule has 0 spiro atoms. The highest BCUT2D eigenvalue weighted by molar-refractivity contribution is 5.47. The van der Waals surface area contributed by atoms with Gasteiger partial charge < -0.3 is 9.64 Å². The standard InChI is InChI=1S/C17H17N3O/c1-13-12-21-17(14-5-3-2-4-6-14)11-20(13)16-8-7-15(9-18)19-10-16/h2-8,10,13,17H,11-12H2,1H3/t13-,17-/m0/s1. The zero-order chi connectivity index (χ0) is 14.7. The Kier molecular flexibility index (Phi) is 3.85. The van der Waals surface area contributed by atoms with Gasteiger partial charge in [-0.3, -0.25) is 0 Å². The molecule has 1 aliphatic heterocycles. The first-order chi connectivity index (χ1) is 10.3. The predicted octanol–water partition coefficient (Wildman–Crippen LogP) is 2.92. The topological polar surface area (TPSA) is 49.1 Å². The maximum absolute atomic E-state index is 8.84. The lowest BCUT2D eigenvalue weighted by Gasteiger charge is -2.39. The van der Waals surface area contributed by atoms with Crippen molar-refractivity contribution in [2.24, 2.45) is 0 Å². The van der Waals surface area contributed by atoms with Crippen molar-refractivity contribution < 1.29 is 4.74 Å². The van der Waals surface area contributed by atoms with E-state index >= 15 is 0 Å². The monoisotopic (exact) mass is 279 g/mol. The smallest absolute Gasteiger partial charge is 0.140 e. The lowest BCUT2D eigenvalue weighted by molar-refractivity contribution is 0.0215. The van der Waals surface area contributed by atoms with Crippen LogP contribution in [0.1, 0.15) is 24.3 Å². The van der Waals surface area contributed by atoms with E-state index in [1.165, 1.54) is 5.56 Å². The Bertz CT molecular complexity index is 633. The first kappa shape index (κ1) is 13.6. The van der Waals surface area contributed by atoms with Gasteiger partial charge in [0, 0.05) is 12.6 Å². The predicted molar refractivity (Wildman–Crippen MR) is 80.9 cm³/mol. The zero-order valence-corrected chi connectivity index (χ0v) is 11.9. The number of ether oxygens (including phenoxy) is 1. The van der Waals surface area contributed by atoms with Crippen molar-refractivity contribution in [1.82, 2.24) is 4.98 Å². The lowest BCUT2D eigenvalue weighted by atomic mass is 10.1. The Balaban J connectivity index is 1.82. The van der Waals surface area contributed by atoms with Crippen LogP contribution in [0.25, 0.3) is 0 Å². The van der Waals surface area contributed by atoms with Gasteiger partial charge in [0.1, 0.15) is 17.9 Å². The fourth-order valence-electron chi connectivity index (χ4n) is 2.61. The number of morpholine rings is 1. The van der Waals surface area contributed by atoms with Gasteiger partial charge in [0.15, 0.2) is 0 Å². The number of hydrogen-bond donors (Lipinski definition) is 0. The van der Waals surface area contributed by atoms with Gasteiger partial charge in [-0.1, -0.05) is 30.3 Å². The third-order valence-corrected chi connectivity index (χ3v) is 3.80. The second kappa shape index (κ2) is 5.94. The van der Waals surface area contributed by atoms with Crippen LogP contribution in [0.15, 0.2) is 48.7 Å². The fourth-order valence-corrected chi connectivity index (χ4v) is 2.61. The molecule has 2 aromatic rings. The van der Waals surface area contributed by atoms with E-state index < -0.39 is 0 Å². The van der Waals surface area contributed by atoms with E-state index in [4.69, 9.17) is 10.00 Å². The number of nitriles is 1. The first-order valence-corrected chi connectivity index (χ1v) is 7.07. The number of anilines is 1. The van der Waals surface area contributed by atoms with E-state index in [2.05, 4.69) is 28.9 Å². The van der Waals surface area contributed by atoms with Gasteiger partial charge in [-0.15, -0.1) is 0 Å². The minimum atomic E-state index is 0.0676. The van der Waals surface area contributed by atoms with Crippen molar-refractivity contribution in [3.63, 3.8) is 0 Å². The zero-order valence-electron chi connectivity index (χ0n) is 11.9. The molecule has 106 valence electrons. The van der Waals surface area contributed by atoms with Crippen LogP contribution < -0.4 is 4.90 Å². The number of aromatic nitrogens is 1. The summed E-state index contributed by atoms with van der Waals surface area (Å²) >= 11 is 0. The van der Waals surface area contributed by atoms with E-state index in [-0.39, 0.29) is 6.10 Å². The maximum atomic E-state index is 8.84. The summed E-state index contributed by atoms with van der Waals surface area (Å²) in [6.45, 7) is 3.61. The largest absolute Gasteiger partial charge is 0.370 e. The summed E-state index contributed by atoms with van der Waals surface area (Å²) in [5, 5.41) is 8.84. The second-order valence-electron chi connectivity index (χ2n) is 5.25. The SMILES string of the molecule is C[C@H]1CO[C@H](c2ccccc2)CN1c1ccc(C#N)nc1. The molecule has 1 aromatic carbocycles. The molecule has 2 heterocycles. The molecule has 4 nitrogen and oxygen atoms in total. The molecule has 1 fully saturated rings. The van der Waals surface area contributed by atoms with Crippen molar-refractivity contribution in [2.45, 2.75) is 19.1 Å². The molecule has 1 aliphatic rings. The number of rotatable bonds is 2. The number of nitrogens with zero attached hydrogens (tertiary/aromatic N) is 3. The summed E-state index contributed by atoms with van der Waals surface area (Å²) in [5.74, 6) is 0. The van der Waals surface area contributed by atoms with Crippen LogP contribution in [-0.2, 0) is 4.74 Å². The minimum absolute atomic E-state index is 0.0676. The quantitative estimate of drug-likeness (QED) is 0.848. The van der Waals surface area contributed by atoms with Crippen molar-refractivity contribution in [3.05, 3.63) is 59.9 Å². The van der Waals surface area contributed by atoms with Crippen LogP contribution >= 0.6 is 0 Å². The Morgan fingerprint density at radius 3 is 2.71 bits per heavy atom. The Morgan fingerprint density at radius 2 is 2.05 bits per heavy atom. The molecule has 0 amide bonds. The fraction of sp³-hybridized carbons (Fsp3) is 0.294. The Hall–Kier alpha value is -2.38. The molecule has 0 radical (unpaired) electrons. The lowest BCUT2D eigenvalue weighted by Crippen LogP contribution is -2.45. The number of benzene rings is 1. The highest BCUT2D eigenvalue weighted by Crippen LogP contribution is 2.28. The molecular weight excluding hydrogens is 262 g/mol. The summed E-state index contributed by atoms with van der Waals surface area (Å²) in [7, 11) is 0. The highest BCUT2D eigenvalue weighted by Gasteiger charge is 2.27. The molecule has 1 aromatic heterocycles. The van der Waals surface area contributed by atoms with Gasteiger partial charge in [-0.05, 0) is 24.6 Å². The van der Waals surface area contributed by atoms with E-state index in [1.54, 1.807) is 12.3 Å². The van der Waals surface area contributed by atoms with E-state index in [0.29, 0.717) is 18.3 Å². The molecule has 0 bridgehead atoms. The molecule has 0 saturated carbocycles. The van der Waals surface area contributed by atoms with Gasteiger partial charge in [0.2, 0.25) is 0 Å². The van der Waals surface area contributed by atoms with Crippen LogP contribution in [0.3, 0.4) is 0 Å². The van der Waals surface area contributed by atoms with E-state index in [0.717, 1.165) is 12.2 Å². The minimum Gasteiger partial charge on any atom is -0.370 e. The Labute approximate surface area is 124 Å². The third kappa shape index (κ3) is 2.88. The average Bonchev–Trinajstić information content (AvgIpc) is 2.56. The van der Waals surface area contributed by atoms with Crippen LogP contribution in [0.2, 0.25) is 0 Å². The van der Waals surface area contributed by atoms with Gasteiger partial charge >= 0.3 is 0 Å². The molecule has 21 heavy (non-hydrogen) atoms. The molecule has 1 saturated heterocycles. The third-order valence-electron chi connectivity index (χ3n) is 3.80. The summed E-state index contributed by atoms with van der Waals surface area (Å²) in [6.07, 6.45) is 1.83. The molecule has 4 heteroatoms. The first-order valence-electron chi connectivity index (χ1n) is 7.07. The molecule has 2 atom stereocenters. The van der Waals surface area contributed by atoms with E-state index in [1.807, 2.05) is 30.3 Å². The van der Waals surface area contributed by atoms with Gasteiger partial charge in [0.05, 0.1) is 18.5 Å². The second-order valence-corrected chi connectivity index (χ2v) is 5.25. The van der Waals surface area contributed by atoms with Crippen LogP contribution in [0.4, 0.5) is 5.69 Å². The van der Waals surface area contributed by atoms with Crippen LogP contribution in [0.5, 0.6) is 0 Å². The van der Waals surface area contributed by atoms with Gasteiger partial charge in [-0.2, -0.15) is 5.26 Å². The van der Waals surface area contributed by atoms with Gasteiger partial charge in [-0.25, -0.2) is 4.98 Å². The summed E-state index contributed by atoms with van der Waals surface area (Å²) < 4.78 is 5.96. The van der Waals surface area contributed by atoms with E-state index in [9.17, 15) is 0 Å². The number of hydrogen-bond acceptors (Lipinski definition) is 4. The van der Waals surface area contributed by atoms with Crippen LogP contribution in [-0.4, -0.2) is 24.2 Å². The maximum Gasteiger partial charge on any atom is 0.140 e. The molecular formula is C17H17N3O. The summed E-state index contributed by atoms with van der Waals surface area (Å²) in [5.41, 5.74) is 2.67. The molecule has 3 rings (SSSR count). The van der Waals surface area contributed by atoms with Crippen LogP contribution in [0, 0.1) is 11.3 Å². The number of pyridine rings is 1. The summed E-state index contributed by atoms with van der Waals surface area (Å²) in [4.78, 5) is 6.45. The van der Waals surface area contributed by atoms with Crippen molar-refractivity contribution >= 4 is 5.69 Å². The average molecular weight is 279 g/mol. The highest BCUT2D eigenvalue weighted by atomic mass is 16.5. The van der Waals surface area contributed by atoms with Crippen molar-refractivity contribution in [2.75, 3.05) is 18.1 Å². The molecule has 0 unspecified atom stereocenters.